The molecular formula is C28H23NO4S. The smallest absolute Gasteiger partial charge is 0.341 e. The molecule has 2 bridgehead atoms. The second kappa shape index (κ2) is 7.12. The molecule has 1 saturated heterocycles. The molecule has 34 heavy (non-hydrogen) atoms. The van der Waals surface area contributed by atoms with Crippen molar-refractivity contribution in [2.45, 2.75) is 37.5 Å². The van der Waals surface area contributed by atoms with Crippen molar-refractivity contribution in [2.75, 3.05) is 12.0 Å². The van der Waals surface area contributed by atoms with Gasteiger partial charge in [-0.2, -0.15) is 0 Å². The molecule has 1 aromatic heterocycles. The van der Waals surface area contributed by atoms with Gasteiger partial charge in [0.2, 0.25) is 11.8 Å². The van der Waals surface area contributed by atoms with Crippen LogP contribution in [-0.2, 0) is 27.2 Å². The van der Waals surface area contributed by atoms with Crippen molar-refractivity contribution in [1.82, 2.24) is 0 Å². The minimum absolute atomic E-state index is 0.153. The van der Waals surface area contributed by atoms with E-state index in [0.29, 0.717) is 10.6 Å². The number of ether oxygens (including phenoxy) is 1. The molecule has 2 atom stereocenters. The molecule has 0 N–H and O–H groups in total. The van der Waals surface area contributed by atoms with Crippen LogP contribution in [0.25, 0.3) is 0 Å². The van der Waals surface area contributed by atoms with Gasteiger partial charge in [0.25, 0.3) is 0 Å². The molecule has 0 unspecified atom stereocenters. The fourth-order valence-electron chi connectivity index (χ4n) is 6.90. The summed E-state index contributed by atoms with van der Waals surface area (Å²) in [5.74, 6) is -2.03. The average molecular weight is 470 g/mol. The number of carbonyl (C=O) groups is 3. The molecule has 4 aliphatic carbocycles. The lowest BCUT2D eigenvalue weighted by molar-refractivity contribution is -0.122. The SMILES string of the molecule is COC(=O)c1c(N2C(=O)[C@@H]3C4c5ccccc5C(c5ccccc54)[C@H]3C2=O)sc2c1CCCC2. The number of imide groups is 1. The number of nitrogens with zero attached hydrogens (tertiary/aromatic N) is 1. The predicted molar refractivity (Wildman–Crippen MR) is 128 cm³/mol. The number of amides is 2. The zero-order valence-corrected chi connectivity index (χ0v) is 19.6. The molecule has 6 heteroatoms. The van der Waals surface area contributed by atoms with E-state index < -0.39 is 17.8 Å². The van der Waals surface area contributed by atoms with E-state index >= 15 is 0 Å². The van der Waals surface area contributed by atoms with Gasteiger partial charge < -0.3 is 4.74 Å². The molecule has 1 aliphatic heterocycles. The second-order valence-electron chi connectivity index (χ2n) is 9.66. The van der Waals surface area contributed by atoms with Crippen molar-refractivity contribution in [3.63, 3.8) is 0 Å². The zero-order valence-electron chi connectivity index (χ0n) is 18.7. The van der Waals surface area contributed by atoms with E-state index in [-0.39, 0.29) is 23.7 Å². The van der Waals surface area contributed by atoms with E-state index in [1.54, 1.807) is 0 Å². The molecule has 3 aromatic rings. The highest BCUT2D eigenvalue weighted by Gasteiger charge is 2.62. The lowest BCUT2D eigenvalue weighted by Crippen LogP contribution is -2.41. The summed E-state index contributed by atoms with van der Waals surface area (Å²) in [5, 5.41) is 0.468. The summed E-state index contributed by atoms with van der Waals surface area (Å²) in [4.78, 5) is 43.5. The summed E-state index contributed by atoms with van der Waals surface area (Å²) in [6.45, 7) is 0. The van der Waals surface area contributed by atoms with Crippen LogP contribution in [0.5, 0.6) is 0 Å². The highest BCUT2D eigenvalue weighted by molar-refractivity contribution is 7.17. The van der Waals surface area contributed by atoms with Crippen molar-refractivity contribution in [3.8, 4) is 0 Å². The quantitative estimate of drug-likeness (QED) is 0.399. The first-order valence-corrected chi connectivity index (χ1v) is 12.7. The second-order valence-corrected chi connectivity index (χ2v) is 10.7. The number of methoxy groups -OCH3 is 1. The van der Waals surface area contributed by atoms with Gasteiger partial charge in [-0.15, -0.1) is 11.3 Å². The fourth-order valence-corrected chi connectivity index (χ4v) is 8.29. The standard InChI is InChI=1S/C28H23NO4S/c1-33-28(32)22-18-12-6-7-13-19(18)34-27(22)29-25(30)23-20-14-8-2-3-9-15(14)21(24(23)26(29)31)17-11-5-4-10-16(17)20/h2-5,8-11,20-21,23-24H,6-7,12-13H2,1H3/t20?,21?,23-,24-/m1/s1. The lowest BCUT2D eigenvalue weighted by Gasteiger charge is -2.45. The summed E-state index contributed by atoms with van der Waals surface area (Å²) >= 11 is 1.43. The third-order valence-corrected chi connectivity index (χ3v) is 9.47. The van der Waals surface area contributed by atoms with Crippen LogP contribution in [0, 0.1) is 11.8 Å². The Balaban J connectivity index is 1.42. The molecule has 5 nitrogen and oxygen atoms in total. The average Bonchev–Trinajstić information content (AvgIpc) is 3.38. The van der Waals surface area contributed by atoms with E-state index in [0.717, 1.165) is 58.4 Å². The molecule has 8 rings (SSSR count). The van der Waals surface area contributed by atoms with Gasteiger partial charge in [-0.3, -0.25) is 9.59 Å². The van der Waals surface area contributed by atoms with Gasteiger partial charge in [-0.05, 0) is 53.5 Å². The third kappa shape index (κ3) is 2.41. The third-order valence-electron chi connectivity index (χ3n) is 8.19. The zero-order chi connectivity index (χ0) is 23.1. The first-order chi connectivity index (χ1) is 16.6. The Bertz CT molecular complexity index is 1290. The van der Waals surface area contributed by atoms with Crippen LogP contribution >= 0.6 is 11.3 Å². The number of thiophene rings is 1. The molecule has 1 fully saturated rings. The number of aryl methyl sites for hydroxylation is 1. The molecular weight excluding hydrogens is 446 g/mol. The van der Waals surface area contributed by atoms with E-state index in [1.165, 1.54) is 23.3 Å². The minimum atomic E-state index is -0.459. The van der Waals surface area contributed by atoms with Crippen LogP contribution in [0.1, 0.15) is 67.7 Å². The van der Waals surface area contributed by atoms with Gasteiger partial charge in [0, 0.05) is 16.7 Å². The van der Waals surface area contributed by atoms with Gasteiger partial charge in [0.1, 0.15) is 5.00 Å². The lowest BCUT2D eigenvalue weighted by atomic mass is 9.55. The first kappa shape index (κ1) is 20.2. The van der Waals surface area contributed by atoms with E-state index in [9.17, 15) is 14.4 Å². The van der Waals surface area contributed by atoms with Crippen molar-refractivity contribution in [2.24, 2.45) is 11.8 Å². The van der Waals surface area contributed by atoms with Crippen molar-refractivity contribution in [1.29, 1.82) is 0 Å². The summed E-state index contributed by atoms with van der Waals surface area (Å²) in [7, 11) is 1.36. The van der Waals surface area contributed by atoms with Crippen LogP contribution in [0.2, 0.25) is 0 Å². The number of fused-ring (bicyclic) bond motifs is 1. The normalized spacial score (nSPS) is 26.1. The van der Waals surface area contributed by atoms with Crippen molar-refractivity contribution in [3.05, 3.63) is 86.8 Å². The monoisotopic (exact) mass is 469 g/mol. The molecule has 2 heterocycles. The maximum Gasteiger partial charge on any atom is 0.341 e. The molecule has 2 amide bonds. The van der Waals surface area contributed by atoms with E-state index in [2.05, 4.69) is 24.3 Å². The van der Waals surface area contributed by atoms with Crippen LogP contribution in [0.4, 0.5) is 5.00 Å². The molecule has 5 aliphatic rings. The van der Waals surface area contributed by atoms with Crippen molar-refractivity contribution < 1.29 is 19.1 Å². The Morgan fingerprint density at radius 2 is 1.35 bits per heavy atom. The van der Waals surface area contributed by atoms with Gasteiger partial charge in [-0.25, -0.2) is 9.69 Å². The van der Waals surface area contributed by atoms with Crippen LogP contribution < -0.4 is 4.90 Å². The Morgan fingerprint density at radius 3 is 1.85 bits per heavy atom. The van der Waals surface area contributed by atoms with Crippen LogP contribution in [0.15, 0.2) is 48.5 Å². The maximum atomic E-state index is 14.1. The number of benzene rings is 2. The Morgan fingerprint density at radius 1 is 0.853 bits per heavy atom. The van der Waals surface area contributed by atoms with E-state index in [1.807, 2.05) is 24.3 Å². The molecule has 0 radical (unpaired) electrons. The van der Waals surface area contributed by atoms with Gasteiger partial charge in [0.15, 0.2) is 0 Å². The summed E-state index contributed by atoms with van der Waals surface area (Å²) < 4.78 is 5.12. The molecule has 2 aromatic carbocycles. The number of esters is 1. The van der Waals surface area contributed by atoms with Gasteiger partial charge in [-0.1, -0.05) is 48.5 Å². The highest BCUT2D eigenvalue weighted by atomic mass is 32.1. The Kier molecular flexibility index (Phi) is 4.22. The predicted octanol–water partition coefficient (Wildman–Crippen LogP) is 4.81. The molecule has 0 saturated carbocycles. The first-order valence-electron chi connectivity index (χ1n) is 11.9. The van der Waals surface area contributed by atoms with Crippen molar-refractivity contribution >= 4 is 34.1 Å². The van der Waals surface area contributed by atoms with Gasteiger partial charge >= 0.3 is 5.97 Å². The van der Waals surface area contributed by atoms with Crippen LogP contribution in [0.3, 0.4) is 0 Å². The highest BCUT2D eigenvalue weighted by Crippen LogP contribution is 2.62. The summed E-state index contributed by atoms with van der Waals surface area (Å²) in [6, 6.07) is 16.5. The number of rotatable bonds is 2. The van der Waals surface area contributed by atoms with Gasteiger partial charge in [0.05, 0.1) is 24.5 Å². The number of anilines is 1. The Hall–Kier alpha value is -3.25. The summed E-state index contributed by atoms with van der Waals surface area (Å²) in [6.07, 6.45) is 3.70. The largest absolute Gasteiger partial charge is 0.465 e. The number of hydrogen-bond donors (Lipinski definition) is 0. The number of carbonyl (C=O) groups excluding carboxylic acids is 3. The number of hydrogen-bond acceptors (Lipinski definition) is 5. The maximum absolute atomic E-state index is 14.1. The molecule has 170 valence electrons. The molecule has 0 spiro atoms. The minimum Gasteiger partial charge on any atom is -0.465 e. The fraction of sp³-hybridized carbons (Fsp3) is 0.321. The topological polar surface area (TPSA) is 63.7 Å². The van der Waals surface area contributed by atoms with Crippen LogP contribution in [-0.4, -0.2) is 24.9 Å². The summed E-state index contributed by atoms with van der Waals surface area (Å²) in [5.41, 5.74) is 5.97. The Labute approximate surface area is 201 Å². The van der Waals surface area contributed by atoms with E-state index in [4.69, 9.17) is 4.74 Å².